The van der Waals surface area contributed by atoms with E-state index in [-0.39, 0.29) is 11.8 Å². The zero-order chi connectivity index (χ0) is 16.0. The molecule has 0 spiro atoms. The Morgan fingerprint density at radius 2 is 2.13 bits per heavy atom. The van der Waals surface area contributed by atoms with Crippen LogP contribution < -0.4 is 5.32 Å². The number of carbonyl (C=O) groups excluding carboxylic acids is 1. The van der Waals surface area contributed by atoms with E-state index in [0.717, 1.165) is 26.1 Å². The SMILES string of the molecule is Cc1ccccc1[C@@H]1C[C@H]1C(=O)Nc1cc2n(n1)CCN(C)C2. The zero-order valence-corrected chi connectivity index (χ0v) is 13.6. The summed E-state index contributed by atoms with van der Waals surface area (Å²) in [5.41, 5.74) is 3.74. The Kier molecular flexibility index (Phi) is 3.45. The van der Waals surface area contributed by atoms with Crippen LogP contribution >= 0.6 is 0 Å². The van der Waals surface area contributed by atoms with E-state index in [1.54, 1.807) is 0 Å². The van der Waals surface area contributed by atoms with Crippen molar-refractivity contribution in [3.63, 3.8) is 0 Å². The lowest BCUT2D eigenvalue weighted by atomic mass is 10.0. The molecule has 1 N–H and O–H groups in total. The molecule has 0 radical (unpaired) electrons. The lowest BCUT2D eigenvalue weighted by Gasteiger charge is -2.22. The van der Waals surface area contributed by atoms with Crippen molar-refractivity contribution < 1.29 is 4.79 Å². The largest absolute Gasteiger partial charge is 0.309 e. The summed E-state index contributed by atoms with van der Waals surface area (Å²) in [6.07, 6.45) is 0.937. The van der Waals surface area contributed by atoms with Crippen LogP contribution in [-0.2, 0) is 17.9 Å². The minimum absolute atomic E-state index is 0.0810. The number of nitrogens with zero attached hydrogens (tertiary/aromatic N) is 3. The van der Waals surface area contributed by atoms with Gasteiger partial charge in [0.2, 0.25) is 5.91 Å². The number of likely N-dealkylation sites (N-methyl/N-ethyl adjacent to an activating group) is 1. The highest BCUT2D eigenvalue weighted by atomic mass is 16.2. The van der Waals surface area contributed by atoms with Gasteiger partial charge in [0.1, 0.15) is 0 Å². The van der Waals surface area contributed by atoms with E-state index in [4.69, 9.17) is 0 Å². The predicted molar refractivity (Wildman–Crippen MR) is 89.2 cm³/mol. The molecule has 2 heterocycles. The molecule has 0 bridgehead atoms. The predicted octanol–water partition coefficient (Wildman–Crippen LogP) is 2.38. The second-order valence-electron chi connectivity index (χ2n) is 6.78. The average molecular weight is 310 g/mol. The van der Waals surface area contributed by atoms with Crippen LogP contribution in [0.5, 0.6) is 0 Å². The van der Waals surface area contributed by atoms with Crippen molar-refractivity contribution in [1.82, 2.24) is 14.7 Å². The smallest absolute Gasteiger partial charge is 0.229 e. The number of nitrogens with one attached hydrogen (secondary N) is 1. The Morgan fingerprint density at radius 1 is 1.30 bits per heavy atom. The van der Waals surface area contributed by atoms with Crippen molar-refractivity contribution in [3.05, 3.63) is 47.2 Å². The molecule has 2 aromatic rings. The number of anilines is 1. The zero-order valence-electron chi connectivity index (χ0n) is 13.6. The number of benzene rings is 1. The number of amides is 1. The van der Waals surface area contributed by atoms with Crippen molar-refractivity contribution in [1.29, 1.82) is 0 Å². The van der Waals surface area contributed by atoms with Gasteiger partial charge in [-0.1, -0.05) is 24.3 Å². The van der Waals surface area contributed by atoms with E-state index in [1.807, 2.05) is 16.8 Å². The first-order chi connectivity index (χ1) is 11.1. The number of carbonyl (C=O) groups is 1. The summed E-state index contributed by atoms with van der Waals surface area (Å²) in [7, 11) is 2.10. The molecule has 0 unspecified atom stereocenters. The third-order valence-corrected chi connectivity index (χ3v) is 4.96. The molecule has 4 rings (SSSR count). The minimum atomic E-state index is 0.0810. The summed E-state index contributed by atoms with van der Waals surface area (Å²) >= 11 is 0. The monoisotopic (exact) mass is 310 g/mol. The molecule has 120 valence electrons. The molecule has 1 aromatic heterocycles. The lowest BCUT2D eigenvalue weighted by molar-refractivity contribution is -0.117. The van der Waals surface area contributed by atoms with Gasteiger partial charge in [-0.15, -0.1) is 0 Å². The van der Waals surface area contributed by atoms with Crippen LogP contribution in [-0.4, -0.2) is 34.2 Å². The average Bonchev–Trinajstić information content (AvgIpc) is 3.22. The minimum Gasteiger partial charge on any atom is -0.309 e. The van der Waals surface area contributed by atoms with E-state index in [2.05, 4.69) is 47.5 Å². The number of aryl methyl sites for hydroxylation is 1. The molecule has 1 aliphatic heterocycles. The number of rotatable bonds is 3. The summed E-state index contributed by atoms with van der Waals surface area (Å²) in [6.45, 7) is 4.89. The van der Waals surface area contributed by atoms with Crippen LogP contribution in [0.25, 0.3) is 0 Å². The summed E-state index contributed by atoms with van der Waals surface area (Å²) in [4.78, 5) is 14.7. The quantitative estimate of drug-likeness (QED) is 0.947. The van der Waals surface area contributed by atoms with Crippen LogP contribution in [0, 0.1) is 12.8 Å². The van der Waals surface area contributed by atoms with Crippen molar-refractivity contribution in [2.24, 2.45) is 5.92 Å². The highest BCUT2D eigenvalue weighted by Crippen LogP contribution is 2.48. The summed E-state index contributed by atoms with van der Waals surface area (Å²) in [6, 6.07) is 10.3. The standard InChI is InChI=1S/C18H22N4O/c1-12-5-3-4-6-14(12)15-10-16(15)18(23)19-17-9-13-11-21(2)7-8-22(13)20-17/h3-6,9,15-16H,7-8,10-11H2,1-2H3,(H,19,20,23)/t15-,16+/m0/s1. The first-order valence-corrected chi connectivity index (χ1v) is 8.23. The van der Waals surface area contributed by atoms with Crippen molar-refractivity contribution in [2.75, 3.05) is 18.9 Å². The second-order valence-corrected chi connectivity index (χ2v) is 6.78. The van der Waals surface area contributed by atoms with E-state index in [9.17, 15) is 4.79 Å². The van der Waals surface area contributed by atoms with Crippen LogP contribution in [0.1, 0.15) is 29.2 Å². The fraction of sp³-hybridized carbons (Fsp3) is 0.444. The lowest BCUT2D eigenvalue weighted by Crippen LogP contribution is -2.30. The Balaban J connectivity index is 1.43. The van der Waals surface area contributed by atoms with Gasteiger partial charge in [0, 0.05) is 25.1 Å². The molecule has 1 fully saturated rings. The molecule has 1 aliphatic carbocycles. The maximum Gasteiger partial charge on any atom is 0.229 e. The van der Waals surface area contributed by atoms with Crippen molar-refractivity contribution >= 4 is 11.7 Å². The third-order valence-electron chi connectivity index (χ3n) is 4.96. The van der Waals surface area contributed by atoms with E-state index in [0.29, 0.717) is 11.7 Å². The molecule has 2 aliphatic rings. The van der Waals surface area contributed by atoms with Gasteiger partial charge in [0.15, 0.2) is 5.82 Å². The molecule has 2 atom stereocenters. The third kappa shape index (κ3) is 2.77. The maximum atomic E-state index is 12.5. The highest BCUT2D eigenvalue weighted by molar-refractivity contribution is 5.94. The normalized spacial score (nSPS) is 23.4. The molecular weight excluding hydrogens is 288 g/mol. The number of hydrogen-bond acceptors (Lipinski definition) is 3. The first kappa shape index (κ1) is 14.5. The maximum absolute atomic E-state index is 12.5. The molecule has 5 heteroatoms. The van der Waals surface area contributed by atoms with E-state index >= 15 is 0 Å². The Bertz CT molecular complexity index is 751. The fourth-order valence-corrected chi connectivity index (χ4v) is 3.51. The van der Waals surface area contributed by atoms with Gasteiger partial charge in [-0.05, 0) is 37.4 Å². The second kappa shape index (κ2) is 5.49. The van der Waals surface area contributed by atoms with Crippen LogP contribution in [0.15, 0.2) is 30.3 Å². The van der Waals surface area contributed by atoms with Crippen LogP contribution in [0.3, 0.4) is 0 Å². The fourth-order valence-electron chi connectivity index (χ4n) is 3.51. The van der Waals surface area contributed by atoms with Crippen molar-refractivity contribution in [2.45, 2.75) is 32.4 Å². The topological polar surface area (TPSA) is 50.2 Å². The molecular formula is C18H22N4O. The van der Waals surface area contributed by atoms with Gasteiger partial charge in [-0.2, -0.15) is 5.10 Å². The first-order valence-electron chi connectivity index (χ1n) is 8.23. The molecule has 1 saturated carbocycles. The Labute approximate surface area is 136 Å². The van der Waals surface area contributed by atoms with Crippen LogP contribution in [0.2, 0.25) is 0 Å². The molecule has 0 saturated heterocycles. The Hall–Kier alpha value is -2.14. The molecule has 23 heavy (non-hydrogen) atoms. The van der Waals surface area contributed by atoms with Gasteiger partial charge in [0.25, 0.3) is 0 Å². The number of hydrogen-bond donors (Lipinski definition) is 1. The van der Waals surface area contributed by atoms with Gasteiger partial charge in [-0.3, -0.25) is 14.4 Å². The highest BCUT2D eigenvalue weighted by Gasteiger charge is 2.44. The number of aromatic nitrogens is 2. The van der Waals surface area contributed by atoms with Gasteiger partial charge in [0.05, 0.1) is 12.2 Å². The molecule has 1 amide bonds. The van der Waals surface area contributed by atoms with Gasteiger partial charge >= 0.3 is 0 Å². The van der Waals surface area contributed by atoms with Gasteiger partial charge < -0.3 is 5.32 Å². The van der Waals surface area contributed by atoms with E-state index in [1.165, 1.54) is 16.8 Å². The summed E-state index contributed by atoms with van der Waals surface area (Å²) in [5.74, 6) is 1.23. The van der Waals surface area contributed by atoms with Gasteiger partial charge in [-0.25, -0.2) is 0 Å². The molecule has 1 aromatic carbocycles. The van der Waals surface area contributed by atoms with E-state index < -0.39 is 0 Å². The van der Waals surface area contributed by atoms with Crippen molar-refractivity contribution in [3.8, 4) is 0 Å². The van der Waals surface area contributed by atoms with Crippen LogP contribution in [0.4, 0.5) is 5.82 Å². The number of fused-ring (bicyclic) bond motifs is 1. The summed E-state index contributed by atoms with van der Waals surface area (Å²) < 4.78 is 2.00. The Morgan fingerprint density at radius 3 is 2.96 bits per heavy atom. The summed E-state index contributed by atoms with van der Waals surface area (Å²) in [5, 5.41) is 7.51. The molecule has 5 nitrogen and oxygen atoms in total.